The first-order valence-electron chi connectivity index (χ1n) is 9.62. The Bertz CT molecular complexity index is 1320. The molecule has 5 aromatic rings. The zero-order valence-corrected chi connectivity index (χ0v) is 16.6. The van der Waals surface area contributed by atoms with Crippen LogP contribution in [0, 0.1) is 12.7 Å². The molecule has 0 aliphatic carbocycles. The van der Waals surface area contributed by atoms with Gasteiger partial charge in [-0.3, -0.25) is 4.98 Å². The van der Waals surface area contributed by atoms with Crippen LogP contribution in [0.15, 0.2) is 73.2 Å². The van der Waals surface area contributed by atoms with Gasteiger partial charge in [-0.15, -0.1) is 5.10 Å². The smallest absolute Gasteiger partial charge is 0.147 e. The summed E-state index contributed by atoms with van der Waals surface area (Å²) in [4.78, 5) is 8.93. The Morgan fingerprint density at radius 2 is 1.80 bits per heavy atom. The normalized spacial score (nSPS) is 12.4. The Morgan fingerprint density at radius 1 is 0.967 bits per heavy atom. The Labute approximate surface area is 172 Å². The Morgan fingerprint density at radius 3 is 2.53 bits per heavy atom. The summed E-state index contributed by atoms with van der Waals surface area (Å²) in [5.74, 6) is -0.351. The van der Waals surface area contributed by atoms with Gasteiger partial charge in [0.25, 0.3) is 0 Å². The molecule has 0 unspecified atom stereocenters. The number of nitrogens with zero attached hydrogens (tertiary/aromatic N) is 6. The highest BCUT2D eigenvalue weighted by molar-refractivity contribution is 5.82. The highest BCUT2D eigenvalue weighted by atomic mass is 19.1. The molecule has 0 spiro atoms. The number of hydrogen-bond donors (Lipinski definition) is 0. The molecule has 0 bridgehead atoms. The van der Waals surface area contributed by atoms with E-state index in [9.17, 15) is 4.39 Å². The van der Waals surface area contributed by atoms with E-state index in [-0.39, 0.29) is 5.82 Å². The average Bonchev–Trinajstić information content (AvgIpc) is 3.33. The van der Waals surface area contributed by atoms with Crippen LogP contribution in [0.3, 0.4) is 0 Å². The molecular formula is C23H19FN6. The van der Waals surface area contributed by atoms with E-state index in [0.29, 0.717) is 5.69 Å². The van der Waals surface area contributed by atoms with Gasteiger partial charge in [0.1, 0.15) is 17.6 Å². The third-order valence-corrected chi connectivity index (χ3v) is 5.28. The van der Waals surface area contributed by atoms with Gasteiger partial charge in [-0.25, -0.2) is 14.1 Å². The Hall–Kier alpha value is -3.87. The van der Waals surface area contributed by atoms with Crippen LogP contribution < -0.4 is 0 Å². The van der Waals surface area contributed by atoms with Gasteiger partial charge in [0, 0.05) is 18.8 Å². The molecule has 6 nitrogen and oxygen atoms in total. The van der Waals surface area contributed by atoms with Crippen LogP contribution in [0.1, 0.15) is 23.0 Å². The highest BCUT2D eigenvalue weighted by Gasteiger charge is 2.23. The number of imidazole rings is 1. The van der Waals surface area contributed by atoms with E-state index in [1.54, 1.807) is 23.3 Å². The number of halogens is 1. The standard InChI is InChI=1S/C23H19FN6/c1-15-22(29(2)28-27-15)17-10-11-19-20(13-17)30(14-26-19)23(16-7-4-3-5-8-16)21-18(24)9-6-12-25-21/h3-14,23H,1-2H3/t23-/m1/s1. The lowest BCUT2D eigenvalue weighted by molar-refractivity contribution is 0.561. The molecule has 0 saturated heterocycles. The third-order valence-electron chi connectivity index (χ3n) is 5.28. The average molecular weight is 398 g/mol. The van der Waals surface area contributed by atoms with Crippen molar-refractivity contribution in [3.05, 3.63) is 96.0 Å². The fraction of sp³-hybridized carbons (Fsp3) is 0.130. The van der Waals surface area contributed by atoms with Gasteiger partial charge in [0.15, 0.2) is 0 Å². The van der Waals surface area contributed by atoms with Gasteiger partial charge >= 0.3 is 0 Å². The number of fused-ring (bicyclic) bond motifs is 1. The lowest BCUT2D eigenvalue weighted by Gasteiger charge is -2.20. The summed E-state index contributed by atoms with van der Waals surface area (Å²) in [5, 5.41) is 8.26. The summed E-state index contributed by atoms with van der Waals surface area (Å²) in [6.07, 6.45) is 3.36. The Balaban J connectivity index is 1.75. The van der Waals surface area contributed by atoms with E-state index < -0.39 is 6.04 Å². The van der Waals surface area contributed by atoms with Gasteiger partial charge in [-0.05, 0) is 36.8 Å². The van der Waals surface area contributed by atoms with Crippen LogP contribution in [-0.4, -0.2) is 29.5 Å². The van der Waals surface area contributed by atoms with Crippen molar-refractivity contribution < 1.29 is 4.39 Å². The molecule has 148 valence electrons. The van der Waals surface area contributed by atoms with Crippen molar-refractivity contribution in [3.63, 3.8) is 0 Å². The first-order valence-corrected chi connectivity index (χ1v) is 9.62. The quantitative estimate of drug-likeness (QED) is 0.453. The van der Waals surface area contributed by atoms with Crippen molar-refractivity contribution in [3.8, 4) is 11.3 Å². The van der Waals surface area contributed by atoms with Crippen molar-refractivity contribution >= 4 is 11.0 Å². The van der Waals surface area contributed by atoms with Crippen molar-refractivity contribution in [2.75, 3.05) is 0 Å². The van der Waals surface area contributed by atoms with Crippen molar-refractivity contribution in [1.82, 2.24) is 29.5 Å². The molecule has 3 aromatic heterocycles. The minimum absolute atomic E-state index is 0.351. The van der Waals surface area contributed by atoms with Gasteiger partial charge in [-0.1, -0.05) is 41.6 Å². The molecular weight excluding hydrogens is 379 g/mol. The van der Waals surface area contributed by atoms with Crippen LogP contribution in [-0.2, 0) is 7.05 Å². The number of rotatable bonds is 4. The number of hydrogen-bond acceptors (Lipinski definition) is 4. The molecule has 1 atom stereocenters. The summed E-state index contributed by atoms with van der Waals surface area (Å²) in [6.45, 7) is 1.93. The third kappa shape index (κ3) is 2.95. The van der Waals surface area contributed by atoms with E-state index >= 15 is 0 Å². The summed E-state index contributed by atoms with van der Waals surface area (Å²) >= 11 is 0. The summed E-state index contributed by atoms with van der Waals surface area (Å²) in [5.41, 5.74) is 5.74. The topological polar surface area (TPSA) is 61.4 Å². The maximum atomic E-state index is 14.8. The van der Waals surface area contributed by atoms with Crippen molar-refractivity contribution in [1.29, 1.82) is 0 Å². The molecule has 0 radical (unpaired) electrons. The molecule has 5 rings (SSSR count). The molecule has 0 saturated carbocycles. The fourth-order valence-corrected chi connectivity index (χ4v) is 3.92. The Kier molecular flexibility index (Phi) is 4.35. The molecule has 3 heterocycles. The van der Waals surface area contributed by atoms with Gasteiger partial charge < -0.3 is 4.57 Å². The zero-order valence-electron chi connectivity index (χ0n) is 16.6. The summed E-state index contributed by atoms with van der Waals surface area (Å²) in [7, 11) is 1.87. The van der Waals surface area contributed by atoms with Gasteiger partial charge in [0.2, 0.25) is 0 Å². The lowest BCUT2D eigenvalue weighted by atomic mass is 10.0. The van der Waals surface area contributed by atoms with E-state index in [1.165, 1.54) is 6.07 Å². The monoisotopic (exact) mass is 398 g/mol. The van der Waals surface area contributed by atoms with Crippen LogP contribution in [0.4, 0.5) is 4.39 Å². The van der Waals surface area contributed by atoms with Crippen LogP contribution in [0.2, 0.25) is 0 Å². The molecule has 0 N–H and O–H groups in total. The zero-order chi connectivity index (χ0) is 20.7. The molecule has 7 heteroatoms. The minimum Gasteiger partial charge on any atom is -0.317 e. The first kappa shape index (κ1) is 18.2. The predicted molar refractivity (Wildman–Crippen MR) is 112 cm³/mol. The van der Waals surface area contributed by atoms with E-state index in [1.807, 2.05) is 67.1 Å². The lowest BCUT2D eigenvalue weighted by Crippen LogP contribution is -2.14. The second-order valence-corrected chi connectivity index (χ2v) is 7.19. The second-order valence-electron chi connectivity index (χ2n) is 7.19. The maximum Gasteiger partial charge on any atom is 0.147 e. The summed E-state index contributed by atoms with van der Waals surface area (Å²) < 4.78 is 18.5. The molecule has 2 aromatic carbocycles. The maximum absolute atomic E-state index is 14.8. The van der Waals surface area contributed by atoms with E-state index in [2.05, 4.69) is 20.3 Å². The SMILES string of the molecule is Cc1nnn(C)c1-c1ccc2ncn([C@H](c3ccccc3)c3ncccc3F)c2c1. The number of pyridine rings is 1. The van der Waals surface area contributed by atoms with E-state index in [0.717, 1.165) is 33.5 Å². The number of aromatic nitrogens is 6. The largest absolute Gasteiger partial charge is 0.317 e. The predicted octanol–water partition coefficient (Wildman–Crippen LogP) is 4.31. The molecule has 0 aliphatic rings. The fourth-order valence-electron chi connectivity index (χ4n) is 3.92. The van der Waals surface area contributed by atoms with Crippen molar-refractivity contribution in [2.24, 2.45) is 7.05 Å². The van der Waals surface area contributed by atoms with Crippen LogP contribution >= 0.6 is 0 Å². The molecule has 0 fully saturated rings. The first-order chi connectivity index (χ1) is 14.6. The minimum atomic E-state index is -0.446. The molecule has 0 amide bonds. The second kappa shape index (κ2) is 7.18. The van der Waals surface area contributed by atoms with Gasteiger partial charge in [0.05, 0.1) is 28.7 Å². The summed E-state index contributed by atoms with van der Waals surface area (Å²) in [6, 6.07) is 18.4. The molecule has 0 aliphatic heterocycles. The van der Waals surface area contributed by atoms with Crippen LogP contribution in [0.25, 0.3) is 22.3 Å². The van der Waals surface area contributed by atoms with Crippen LogP contribution in [0.5, 0.6) is 0 Å². The number of benzene rings is 2. The van der Waals surface area contributed by atoms with E-state index in [4.69, 9.17) is 0 Å². The van der Waals surface area contributed by atoms with Crippen molar-refractivity contribution in [2.45, 2.75) is 13.0 Å². The molecule has 30 heavy (non-hydrogen) atoms. The number of aryl methyl sites for hydroxylation is 2. The highest BCUT2D eigenvalue weighted by Crippen LogP contribution is 2.32. The van der Waals surface area contributed by atoms with Gasteiger partial charge in [-0.2, -0.15) is 0 Å².